The van der Waals surface area contributed by atoms with Crippen molar-refractivity contribution >= 4 is 17.8 Å². The summed E-state index contributed by atoms with van der Waals surface area (Å²) in [7, 11) is 0. The number of hydrogen-bond acceptors (Lipinski definition) is 3. The lowest BCUT2D eigenvalue weighted by atomic mass is 10.1. The molecule has 0 aromatic carbocycles. The first kappa shape index (κ1) is 12.0. The molecule has 0 aromatic heterocycles. The molecule has 0 saturated carbocycles. The third kappa shape index (κ3) is 3.87. The molecule has 2 amide bonds. The number of hydrogen-bond donors (Lipinski definition) is 3. The topological polar surface area (TPSA) is 53.2 Å². The van der Waals surface area contributed by atoms with E-state index in [0.29, 0.717) is 11.3 Å². The van der Waals surface area contributed by atoms with Gasteiger partial charge in [0.25, 0.3) is 0 Å². The Balaban J connectivity index is 1.59. The van der Waals surface area contributed by atoms with Crippen molar-refractivity contribution in [2.24, 2.45) is 5.92 Å². The van der Waals surface area contributed by atoms with Crippen LogP contribution in [0.3, 0.4) is 0 Å². The number of carbonyl (C=O) groups is 1. The summed E-state index contributed by atoms with van der Waals surface area (Å²) in [6.45, 7) is 2.93. The Labute approximate surface area is 101 Å². The predicted molar refractivity (Wildman–Crippen MR) is 67.6 cm³/mol. The van der Waals surface area contributed by atoms with Crippen molar-refractivity contribution in [1.29, 1.82) is 0 Å². The van der Waals surface area contributed by atoms with E-state index >= 15 is 0 Å². The van der Waals surface area contributed by atoms with Crippen molar-refractivity contribution in [3.8, 4) is 0 Å². The first-order valence-electron chi connectivity index (χ1n) is 6.21. The summed E-state index contributed by atoms with van der Waals surface area (Å²) in [5.41, 5.74) is 0. The highest BCUT2D eigenvalue weighted by atomic mass is 32.2. The molecule has 0 aromatic rings. The average Bonchev–Trinajstić information content (AvgIpc) is 2.81. The van der Waals surface area contributed by atoms with Gasteiger partial charge in [-0.25, -0.2) is 4.79 Å². The van der Waals surface area contributed by atoms with Crippen LogP contribution in [0, 0.1) is 5.92 Å². The van der Waals surface area contributed by atoms with E-state index in [1.165, 1.54) is 25.0 Å². The average molecular weight is 243 g/mol. The van der Waals surface area contributed by atoms with Crippen molar-refractivity contribution in [3.05, 3.63) is 0 Å². The van der Waals surface area contributed by atoms with Crippen molar-refractivity contribution in [3.63, 3.8) is 0 Å². The van der Waals surface area contributed by atoms with E-state index in [2.05, 4.69) is 16.0 Å². The van der Waals surface area contributed by atoms with Crippen LogP contribution >= 0.6 is 11.8 Å². The largest absolute Gasteiger partial charge is 0.338 e. The Morgan fingerprint density at radius 1 is 1.38 bits per heavy atom. The number of thioether (sulfide) groups is 1. The van der Waals surface area contributed by atoms with Crippen molar-refractivity contribution in [2.75, 3.05) is 25.4 Å². The zero-order valence-corrected chi connectivity index (χ0v) is 10.4. The van der Waals surface area contributed by atoms with Crippen LogP contribution in [0.25, 0.3) is 0 Å². The summed E-state index contributed by atoms with van der Waals surface area (Å²) in [5.74, 6) is 1.79. The fourth-order valence-electron chi connectivity index (χ4n) is 2.18. The van der Waals surface area contributed by atoms with Gasteiger partial charge in [0.1, 0.15) is 0 Å². The number of urea groups is 1. The van der Waals surface area contributed by atoms with E-state index in [9.17, 15) is 4.79 Å². The second-order valence-electron chi connectivity index (χ2n) is 4.57. The molecule has 0 aliphatic carbocycles. The zero-order chi connectivity index (χ0) is 11.2. The van der Waals surface area contributed by atoms with Crippen molar-refractivity contribution in [2.45, 2.75) is 31.1 Å². The van der Waals surface area contributed by atoms with Gasteiger partial charge in [-0.15, -0.1) is 11.8 Å². The highest BCUT2D eigenvalue weighted by molar-refractivity contribution is 7.99. The molecule has 0 bridgehead atoms. The van der Waals surface area contributed by atoms with E-state index in [1.54, 1.807) is 0 Å². The fourth-order valence-corrected chi connectivity index (χ4v) is 3.36. The summed E-state index contributed by atoms with van der Waals surface area (Å²) in [6, 6.07) is 0.00583. The molecule has 2 atom stereocenters. The minimum atomic E-state index is 0.00583. The van der Waals surface area contributed by atoms with E-state index in [0.717, 1.165) is 26.1 Å². The molecule has 92 valence electrons. The summed E-state index contributed by atoms with van der Waals surface area (Å²) in [5, 5.41) is 9.63. The molecular weight excluding hydrogens is 222 g/mol. The number of amides is 2. The van der Waals surface area contributed by atoms with Crippen LogP contribution < -0.4 is 16.0 Å². The first-order valence-corrected chi connectivity index (χ1v) is 7.26. The molecule has 5 heteroatoms. The summed E-state index contributed by atoms with van der Waals surface area (Å²) < 4.78 is 0. The maximum Gasteiger partial charge on any atom is 0.315 e. The Hall–Kier alpha value is -0.420. The summed E-state index contributed by atoms with van der Waals surface area (Å²) >= 11 is 1.87. The van der Waals surface area contributed by atoms with Gasteiger partial charge in [-0.2, -0.15) is 0 Å². The van der Waals surface area contributed by atoms with Crippen LogP contribution in [-0.4, -0.2) is 36.8 Å². The van der Waals surface area contributed by atoms with Gasteiger partial charge in [-0.05, 0) is 50.4 Å². The number of carbonyl (C=O) groups excluding carboxylic acids is 1. The first-order chi connectivity index (χ1) is 7.84. The highest BCUT2D eigenvalue weighted by Crippen LogP contribution is 2.22. The molecule has 2 aliphatic rings. The number of nitrogens with one attached hydrogen (secondary N) is 3. The van der Waals surface area contributed by atoms with Gasteiger partial charge in [0.2, 0.25) is 0 Å². The standard InChI is InChI=1S/C11H21N3OS/c15-11(13-8-9-4-5-12-7-9)14-10-3-1-2-6-16-10/h9-10,12H,1-8H2,(H2,13,14,15). The third-order valence-electron chi connectivity index (χ3n) is 3.19. The van der Waals surface area contributed by atoms with Gasteiger partial charge in [0.05, 0.1) is 5.37 Å². The van der Waals surface area contributed by atoms with Crippen LogP contribution in [-0.2, 0) is 0 Å². The van der Waals surface area contributed by atoms with E-state index in [1.807, 2.05) is 11.8 Å². The minimum absolute atomic E-state index is 0.00583. The van der Waals surface area contributed by atoms with Gasteiger partial charge in [-0.1, -0.05) is 0 Å². The molecule has 2 heterocycles. The van der Waals surface area contributed by atoms with Crippen LogP contribution in [0.15, 0.2) is 0 Å². The van der Waals surface area contributed by atoms with Gasteiger partial charge >= 0.3 is 6.03 Å². The third-order valence-corrected chi connectivity index (χ3v) is 4.47. The Kier molecular flexibility index (Phi) is 4.78. The lowest BCUT2D eigenvalue weighted by molar-refractivity contribution is 0.238. The SMILES string of the molecule is O=C(NCC1CCNC1)NC1CCCCS1. The van der Waals surface area contributed by atoms with E-state index in [-0.39, 0.29) is 6.03 Å². The van der Waals surface area contributed by atoms with Crippen molar-refractivity contribution < 1.29 is 4.79 Å². The lowest BCUT2D eigenvalue weighted by Crippen LogP contribution is -2.43. The van der Waals surface area contributed by atoms with Gasteiger partial charge in [-0.3, -0.25) is 0 Å². The van der Waals surface area contributed by atoms with Gasteiger partial charge < -0.3 is 16.0 Å². The van der Waals surface area contributed by atoms with E-state index in [4.69, 9.17) is 0 Å². The molecule has 2 unspecified atom stereocenters. The van der Waals surface area contributed by atoms with Crippen LogP contribution in [0.2, 0.25) is 0 Å². The Morgan fingerprint density at radius 2 is 2.31 bits per heavy atom. The van der Waals surface area contributed by atoms with Crippen LogP contribution in [0.1, 0.15) is 25.7 Å². The lowest BCUT2D eigenvalue weighted by Gasteiger charge is -2.22. The van der Waals surface area contributed by atoms with Gasteiger partial charge in [0.15, 0.2) is 0 Å². The van der Waals surface area contributed by atoms with Crippen LogP contribution in [0.4, 0.5) is 4.79 Å². The summed E-state index contributed by atoms with van der Waals surface area (Å²) in [6.07, 6.45) is 4.82. The Bertz CT molecular complexity index is 225. The minimum Gasteiger partial charge on any atom is -0.338 e. The second kappa shape index (κ2) is 6.35. The molecule has 2 saturated heterocycles. The maximum absolute atomic E-state index is 11.6. The molecule has 3 N–H and O–H groups in total. The smallest absolute Gasteiger partial charge is 0.315 e. The monoisotopic (exact) mass is 243 g/mol. The molecule has 0 spiro atoms. The molecule has 2 aliphatic heterocycles. The molecule has 0 radical (unpaired) electrons. The maximum atomic E-state index is 11.6. The van der Waals surface area contributed by atoms with Crippen molar-refractivity contribution in [1.82, 2.24) is 16.0 Å². The summed E-state index contributed by atoms with van der Waals surface area (Å²) in [4.78, 5) is 11.6. The normalized spacial score (nSPS) is 30.0. The molecule has 2 rings (SSSR count). The predicted octanol–water partition coefficient (Wildman–Crippen LogP) is 1.14. The fraction of sp³-hybridized carbons (Fsp3) is 0.909. The molecule has 2 fully saturated rings. The number of rotatable bonds is 3. The van der Waals surface area contributed by atoms with Gasteiger partial charge in [0, 0.05) is 6.54 Å². The second-order valence-corrected chi connectivity index (χ2v) is 5.88. The Morgan fingerprint density at radius 3 is 3.00 bits per heavy atom. The highest BCUT2D eigenvalue weighted by Gasteiger charge is 2.18. The molecule has 16 heavy (non-hydrogen) atoms. The van der Waals surface area contributed by atoms with Crippen LogP contribution in [0.5, 0.6) is 0 Å². The molecular formula is C11H21N3OS. The molecule has 4 nitrogen and oxygen atoms in total. The zero-order valence-electron chi connectivity index (χ0n) is 9.63. The van der Waals surface area contributed by atoms with E-state index < -0.39 is 0 Å². The quantitative estimate of drug-likeness (QED) is 0.697.